The molecule has 2 aromatic rings. The van der Waals surface area contributed by atoms with Crippen LogP contribution in [0.2, 0.25) is 0 Å². The molecule has 4 heteroatoms. The average molecular weight is 256 g/mol. The van der Waals surface area contributed by atoms with Crippen LogP contribution in [0.4, 0.5) is 11.4 Å². The van der Waals surface area contributed by atoms with Crippen LogP contribution in [0.15, 0.2) is 53.0 Å². The molecule has 0 aliphatic heterocycles. The van der Waals surface area contributed by atoms with E-state index in [-0.39, 0.29) is 11.2 Å². The van der Waals surface area contributed by atoms with E-state index in [0.717, 1.165) is 5.56 Å². The van der Waals surface area contributed by atoms with Crippen molar-refractivity contribution >= 4 is 11.4 Å². The van der Waals surface area contributed by atoms with Gasteiger partial charge in [0.2, 0.25) is 0 Å². The molecule has 2 N–H and O–H groups in total. The first-order chi connectivity index (χ1) is 8.97. The monoisotopic (exact) mass is 256 g/mol. The fraction of sp³-hybridized carbons (Fsp3) is 0.267. The number of benzene rings is 1. The largest absolute Gasteiger partial charge is 0.506 e. The summed E-state index contributed by atoms with van der Waals surface area (Å²) in [4.78, 5) is 2.93. The summed E-state index contributed by atoms with van der Waals surface area (Å²) in [5.41, 5.74) is 2.32. The van der Waals surface area contributed by atoms with Gasteiger partial charge >= 0.3 is 0 Å². The Morgan fingerprint density at radius 2 is 1.89 bits per heavy atom. The van der Waals surface area contributed by atoms with Crippen LogP contribution in [-0.4, -0.2) is 5.11 Å². The maximum absolute atomic E-state index is 9.82. The average Bonchev–Trinajstić information content (AvgIpc) is 2.37. The van der Waals surface area contributed by atoms with Gasteiger partial charge in [-0.2, -0.15) is 0 Å². The van der Waals surface area contributed by atoms with E-state index in [1.165, 1.54) is 0 Å². The number of aromatic hydroxyl groups is 1. The van der Waals surface area contributed by atoms with Crippen molar-refractivity contribution in [2.24, 2.45) is 10.2 Å². The van der Waals surface area contributed by atoms with Gasteiger partial charge in [-0.3, -0.25) is 0 Å². The highest BCUT2D eigenvalue weighted by Crippen LogP contribution is 2.33. The molecule has 0 spiro atoms. The van der Waals surface area contributed by atoms with Crippen molar-refractivity contribution < 1.29 is 10.1 Å². The molecule has 0 amide bonds. The standard InChI is InChI=1S/C15H17N3O/c1-15(2,3)11-6-7-14(19)13(9-11)18-17-12-5-4-8-16-10-12/h4-10,19H,1-3H3/p+1. The van der Waals surface area contributed by atoms with Crippen LogP contribution in [0.5, 0.6) is 5.75 Å². The Bertz CT molecular complexity index is 586. The van der Waals surface area contributed by atoms with Crippen LogP contribution in [0.25, 0.3) is 0 Å². The Labute approximate surface area is 112 Å². The first-order valence-electron chi connectivity index (χ1n) is 6.18. The van der Waals surface area contributed by atoms with Crippen molar-refractivity contribution in [2.75, 3.05) is 0 Å². The van der Waals surface area contributed by atoms with Crippen molar-refractivity contribution in [3.8, 4) is 5.75 Å². The predicted octanol–water partition coefficient (Wildman–Crippen LogP) is 3.92. The lowest BCUT2D eigenvalue weighted by Gasteiger charge is -2.19. The Hall–Kier alpha value is -2.23. The van der Waals surface area contributed by atoms with Gasteiger partial charge in [0, 0.05) is 6.07 Å². The molecular formula is C15H18N3O+. The number of azo groups is 1. The van der Waals surface area contributed by atoms with Gasteiger partial charge in [0.15, 0.2) is 12.4 Å². The summed E-state index contributed by atoms with van der Waals surface area (Å²) < 4.78 is 0. The van der Waals surface area contributed by atoms with Crippen molar-refractivity contribution in [1.29, 1.82) is 0 Å². The number of hydrogen-bond acceptors (Lipinski definition) is 3. The maximum Gasteiger partial charge on any atom is 0.194 e. The Morgan fingerprint density at radius 1 is 1.11 bits per heavy atom. The molecule has 98 valence electrons. The fourth-order valence-electron chi connectivity index (χ4n) is 1.63. The van der Waals surface area contributed by atoms with E-state index in [4.69, 9.17) is 0 Å². The number of aromatic amines is 1. The number of phenolic OH excluding ortho intramolecular Hbond substituents is 1. The molecule has 0 radical (unpaired) electrons. The van der Waals surface area contributed by atoms with Crippen molar-refractivity contribution in [3.63, 3.8) is 0 Å². The van der Waals surface area contributed by atoms with E-state index < -0.39 is 0 Å². The van der Waals surface area contributed by atoms with Gasteiger partial charge in [-0.15, -0.1) is 10.2 Å². The van der Waals surface area contributed by atoms with Crippen LogP contribution in [-0.2, 0) is 5.41 Å². The summed E-state index contributed by atoms with van der Waals surface area (Å²) in [6.07, 6.45) is 3.55. The molecular weight excluding hydrogens is 238 g/mol. The second-order valence-corrected chi connectivity index (χ2v) is 5.42. The molecule has 1 heterocycles. The molecule has 1 aromatic carbocycles. The van der Waals surface area contributed by atoms with Crippen LogP contribution in [0, 0.1) is 0 Å². The molecule has 4 nitrogen and oxygen atoms in total. The molecule has 0 saturated heterocycles. The number of H-pyrrole nitrogens is 1. The molecule has 0 fully saturated rings. The van der Waals surface area contributed by atoms with E-state index >= 15 is 0 Å². The number of phenols is 1. The third-order valence-electron chi connectivity index (χ3n) is 2.81. The first-order valence-corrected chi connectivity index (χ1v) is 6.18. The normalized spacial score (nSPS) is 11.9. The second kappa shape index (κ2) is 5.18. The minimum atomic E-state index is 0.0124. The van der Waals surface area contributed by atoms with Crippen molar-refractivity contribution in [1.82, 2.24) is 0 Å². The van der Waals surface area contributed by atoms with Crippen molar-refractivity contribution in [2.45, 2.75) is 26.2 Å². The quantitative estimate of drug-likeness (QED) is 0.813. The summed E-state index contributed by atoms with van der Waals surface area (Å²) >= 11 is 0. The lowest BCUT2D eigenvalue weighted by atomic mass is 9.87. The van der Waals surface area contributed by atoms with Gasteiger partial charge in [-0.1, -0.05) is 26.8 Å². The molecule has 2 rings (SSSR count). The molecule has 0 aliphatic carbocycles. The Balaban J connectivity index is 2.32. The maximum atomic E-state index is 9.82. The third-order valence-corrected chi connectivity index (χ3v) is 2.81. The fourth-order valence-corrected chi connectivity index (χ4v) is 1.63. The highest BCUT2D eigenvalue weighted by Gasteiger charge is 2.15. The molecule has 0 aliphatic rings. The zero-order valence-electron chi connectivity index (χ0n) is 11.4. The van der Waals surface area contributed by atoms with Gasteiger partial charge < -0.3 is 5.11 Å². The number of rotatable bonds is 2. The zero-order valence-corrected chi connectivity index (χ0v) is 11.4. The summed E-state index contributed by atoms with van der Waals surface area (Å²) in [5, 5.41) is 18.0. The lowest BCUT2D eigenvalue weighted by molar-refractivity contribution is -0.377. The summed E-state index contributed by atoms with van der Waals surface area (Å²) in [5.74, 6) is 0.136. The molecule has 0 bridgehead atoms. The van der Waals surface area contributed by atoms with E-state index in [2.05, 4.69) is 36.0 Å². The van der Waals surface area contributed by atoms with E-state index in [0.29, 0.717) is 11.4 Å². The molecule has 0 saturated carbocycles. The zero-order chi connectivity index (χ0) is 13.9. The molecule has 1 aromatic heterocycles. The Morgan fingerprint density at radius 3 is 2.53 bits per heavy atom. The van der Waals surface area contributed by atoms with E-state index in [1.54, 1.807) is 18.5 Å². The molecule has 0 unspecified atom stereocenters. The Kier molecular flexibility index (Phi) is 3.60. The van der Waals surface area contributed by atoms with Crippen LogP contribution >= 0.6 is 0 Å². The number of aromatic nitrogens is 1. The summed E-state index contributed by atoms with van der Waals surface area (Å²) in [7, 11) is 0. The second-order valence-electron chi connectivity index (χ2n) is 5.42. The number of nitrogens with one attached hydrogen (secondary N) is 1. The number of pyridine rings is 1. The van der Waals surface area contributed by atoms with Gasteiger partial charge in [0.25, 0.3) is 0 Å². The van der Waals surface area contributed by atoms with E-state index in [9.17, 15) is 5.11 Å². The van der Waals surface area contributed by atoms with Gasteiger partial charge in [-0.25, -0.2) is 4.98 Å². The summed E-state index contributed by atoms with van der Waals surface area (Å²) in [6.45, 7) is 6.35. The van der Waals surface area contributed by atoms with E-state index in [1.807, 2.05) is 24.3 Å². The topological polar surface area (TPSA) is 59.1 Å². The minimum absolute atomic E-state index is 0.0124. The van der Waals surface area contributed by atoms with Crippen LogP contribution in [0.1, 0.15) is 26.3 Å². The number of nitrogens with zero attached hydrogens (tertiary/aromatic N) is 2. The molecule has 0 atom stereocenters. The third kappa shape index (κ3) is 3.37. The highest BCUT2D eigenvalue weighted by molar-refractivity contribution is 5.53. The van der Waals surface area contributed by atoms with Crippen LogP contribution < -0.4 is 4.98 Å². The van der Waals surface area contributed by atoms with Gasteiger partial charge in [-0.05, 0) is 29.2 Å². The van der Waals surface area contributed by atoms with Gasteiger partial charge in [0.05, 0.1) is 0 Å². The lowest BCUT2D eigenvalue weighted by Crippen LogP contribution is -2.10. The number of hydrogen-bond donors (Lipinski definition) is 1. The smallest absolute Gasteiger partial charge is 0.194 e. The first kappa shape index (κ1) is 13.2. The predicted molar refractivity (Wildman–Crippen MR) is 74.0 cm³/mol. The minimum Gasteiger partial charge on any atom is -0.506 e. The van der Waals surface area contributed by atoms with Crippen molar-refractivity contribution in [3.05, 3.63) is 48.3 Å². The molecule has 19 heavy (non-hydrogen) atoms. The van der Waals surface area contributed by atoms with Crippen LogP contribution in [0.3, 0.4) is 0 Å². The van der Waals surface area contributed by atoms with Gasteiger partial charge in [0.1, 0.15) is 17.1 Å². The summed E-state index contributed by atoms with van der Waals surface area (Å²) in [6, 6.07) is 9.12. The SMILES string of the molecule is CC(C)(C)c1ccc(O)c(N=Nc2ccc[nH+]c2)c1. The highest BCUT2D eigenvalue weighted by atomic mass is 16.3.